The van der Waals surface area contributed by atoms with Gasteiger partial charge in [0.1, 0.15) is 0 Å². The van der Waals surface area contributed by atoms with Crippen molar-refractivity contribution in [2.45, 2.75) is 46.5 Å². The second-order valence-electron chi connectivity index (χ2n) is 7.56. The molecule has 5 heteroatoms. The third-order valence-electron chi connectivity index (χ3n) is 4.57. The molecule has 0 unspecified atom stereocenters. The summed E-state index contributed by atoms with van der Waals surface area (Å²) in [5.74, 6) is 1.89. The number of anilines is 2. The largest absolute Gasteiger partial charge is 0.323 e. The fraction of sp³-hybridized carbons (Fsp3) is 0.550. The molecule has 5 nitrogen and oxygen atoms in total. The maximum atomic E-state index is 4.71. The second-order valence-corrected chi connectivity index (χ2v) is 7.56. The van der Waals surface area contributed by atoms with E-state index in [1.165, 1.54) is 31.6 Å². The first-order valence-electron chi connectivity index (χ1n) is 9.27. The number of rotatable bonds is 5. The predicted octanol–water partition coefficient (Wildman–Crippen LogP) is 4.07. The molecule has 0 bridgehead atoms. The predicted molar refractivity (Wildman–Crippen MR) is 102 cm³/mol. The lowest BCUT2D eigenvalue weighted by atomic mass is 9.93. The first-order valence-corrected chi connectivity index (χ1v) is 9.27. The molecule has 3 heterocycles. The molecular weight excluding hydrogens is 310 g/mol. The van der Waals surface area contributed by atoms with Crippen LogP contribution in [0.4, 0.5) is 11.6 Å². The van der Waals surface area contributed by atoms with Crippen LogP contribution in [0.1, 0.15) is 49.7 Å². The molecule has 3 rings (SSSR count). The van der Waals surface area contributed by atoms with Crippen molar-refractivity contribution < 1.29 is 0 Å². The maximum absolute atomic E-state index is 4.71. The number of likely N-dealkylation sites (tertiary alicyclic amines) is 1. The number of nitrogens with zero attached hydrogens (tertiary/aromatic N) is 4. The number of hydrogen-bond acceptors (Lipinski definition) is 5. The van der Waals surface area contributed by atoms with Gasteiger partial charge in [0, 0.05) is 36.1 Å². The van der Waals surface area contributed by atoms with Crippen LogP contribution in [-0.2, 0) is 0 Å². The molecule has 1 aliphatic rings. The van der Waals surface area contributed by atoms with Crippen LogP contribution < -0.4 is 5.32 Å². The molecule has 0 amide bonds. The molecule has 0 aliphatic carbocycles. The first-order chi connectivity index (χ1) is 12.0. The Morgan fingerprint density at radius 2 is 1.96 bits per heavy atom. The first kappa shape index (κ1) is 17.8. The van der Waals surface area contributed by atoms with Crippen LogP contribution in [0.3, 0.4) is 0 Å². The number of pyridine rings is 1. The van der Waals surface area contributed by atoms with Crippen molar-refractivity contribution in [3.63, 3.8) is 0 Å². The van der Waals surface area contributed by atoms with E-state index >= 15 is 0 Å². The Kier molecular flexibility index (Phi) is 5.63. The van der Waals surface area contributed by atoms with Gasteiger partial charge < -0.3 is 10.2 Å². The maximum Gasteiger partial charge on any atom is 0.227 e. The highest BCUT2D eigenvalue weighted by Gasteiger charge is 2.22. The lowest BCUT2D eigenvalue weighted by Crippen LogP contribution is -2.37. The van der Waals surface area contributed by atoms with E-state index < -0.39 is 0 Å². The molecule has 0 saturated carbocycles. The summed E-state index contributed by atoms with van der Waals surface area (Å²) in [6.07, 6.45) is 4.39. The van der Waals surface area contributed by atoms with E-state index in [1.54, 1.807) is 0 Å². The normalized spacial score (nSPS) is 18.5. The molecule has 25 heavy (non-hydrogen) atoms. The van der Waals surface area contributed by atoms with Gasteiger partial charge in [-0.25, -0.2) is 9.97 Å². The van der Waals surface area contributed by atoms with E-state index in [1.807, 2.05) is 26.1 Å². The quantitative estimate of drug-likeness (QED) is 0.890. The highest BCUT2D eigenvalue weighted by atomic mass is 15.1. The minimum atomic E-state index is 0.541. The van der Waals surface area contributed by atoms with Crippen molar-refractivity contribution in [3.8, 4) is 0 Å². The number of aryl methyl sites for hydroxylation is 2. The number of hydrogen-bond donors (Lipinski definition) is 1. The van der Waals surface area contributed by atoms with Crippen LogP contribution in [0.25, 0.3) is 0 Å². The van der Waals surface area contributed by atoms with Crippen LogP contribution in [0.15, 0.2) is 24.4 Å². The average molecular weight is 339 g/mol. The van der Waals surface area contributed by atoms with Gasteiger partial charge in [0.2, 0.25) is 5.95 Å². The van der Waals surface area contributed by atoms with Gasteiger partial charge >= 0.3 is 0 Å². The molecule has 1 aliphatic heterocycles. The smallest absolute Gasteiger partial charge is 0.227 e. The standard InChI is InChI=1S/C20H29N5/c1-14(2)12-25-9-5-6-17(13-25)19-8-7-18(11-21-19)24-20-22-15(3)10-16(4)23-20/h7-8,10-11,14,17H,5-6,9,12-13H2,1-4H3,(H,22,23,24)/t17-/m1/s1. The summed E-state index contributed by atoms with van der Waals surface area (Å²) in [5.41, 5.74) is 4.06. The van der Waals surface area contributed by atoms with Crippen LogP contribution >= 0.6 is 0 Å². The zero-order chi connectivity index (χ0) is 17.8. The van der Waals surface area contributed by atoms with Gasteiger partial charge in [0.05, 0.1) is 11.9 Å². The van der Waals surface area contributed by atoms with E-state index in [9.17, 15) is 0 Å². The van der Waals surface area contributed by atoms with E-state index in [-0.39, 0.29) is 0 Å². The van der Waals surface area contributed by atoms with E-state index in [2.05, 4.69) is 46.2 Å². The fourth-order valence-corrected chi connectivity index (χ4v) is 3.61. The summed E-state index contributed by atoms with van der Waals surface area (Å²) >= 11 is 0. The van der Waals surface area contributed by atoms with Crippen LogP contribution in [0.2, 0.25) is 0 Å². The number of nitrogens with one attached hydrogen (secondary N) is 1. The molecule has 134 valence electrons. The molecule has 0 aromatic carbocycles. The van der Waals surface area contributed by atoms with Crippen molar-refractivity contribution >= 4 is 11.6 Å². The third-order valence-corrected chi connectivity index (χ3v) is 4.57. The molecule has 2 aromatic rings. The van der Waals surface area contributed by atoms with Gasteiger partial charge in [0.15, 0.2) is 0 Å². The molecule has 0 spiro atoms. The summed E-state index contributed by atoms with van der Waals surface area (Å²) in [6.45, 7) is 12.1. The zero-order valence-electron chi connectivity index (χ0n) is 15.8. The Labute approximate surface area is 150 Å². The number of aromatic nitrogens is 3. The molecule has 1 N–H and O–H groups in total. The summed E-state index contributed by atoms with van der Waals surface area (Å²) in [6, 6.07) is 6.21. The lowest BCUT2D eigenvalue weighted by Gasteiger charge is -2.33. The average Bonchev–Trinajstić information content (AvgIpc) is 2.54. The van der Waals surface area contributed by atoms with E-state index in [0.717, 1.165) is 29.5 Å². The lowest BCUT2D eigenvalue weighted by molar-refractivity contribution is 0.186. The fourth-order valence-electron chi connectivity index (χ4n) is 3.61. The van der Waals surface area contributed by atoms with Crippen molar-refractivity contribution in [2.75, 3.05) is 25.0 Å². The molecular formula is C20H29N5. The van der Waals surface area contributed by atoms with E-state index in [0.29, 0.717) is 11.9 Å². The van der Waals surface area contributed by atoms with Gasteiger partial charge in [-0.1, -0.05) is 13.8 Å². The Morgan fingerprint density at radius 3 is 2.60 bits per heavy atom. The Morgan fingerprint density at radius 1 is 1.20 bits per heavy atom. The topological polar surface area (TPSA) is 53.9 Å². The minimum Gasteiger partial charge on any atom is -0.323 e. The second kappa shape index (κ2) is 7.91. The molecule has 1 fully saturated rings. The Bertz CT molecular complexity index is 675. The summed E-state index contributed by atoms with van der Waals surface area (Å²) in [4.78, 5) is 16.1. The van der Waals surface area contributed by atoms with Crippen LogP contribution in [-0.4, -0.2) is 39.5 Å². The highest BCUT2D eigenvalue weighted by molar-refractivity contribution is 5.52. The van der Waals surface area contributed by atoms with Crippen molar-refractivity contribution in [1.29, 1.82) is 0 Å². The molecule has 2 aromatic heterocycles. The summed E-state index contributed by atoms with van der Waals surface area (Å²) in [7, 11) is 0. The highest BCUT2D eigenvalue weighted by Crippen LogP contribution is 2.27. The SMILES string of the molecule is Cc1cc(C)nc(Nc2ccc([C@@H]3CCCN(CC(C)C)C3)nc2)n1. The van der Waals surface area contributed by atoms with Crippen LogP contribution in [0.5, 0.6) is 0 Å². The van der Waals surface area contributed by atoms with Gasteiger partial charge in [-0.3, -0.25) is 4.98 Å². The molecule has 0 radical (unpaired) electrons. The summed E-state index contributed by atoms with van der Waals surface area (Å²) in [5, 5.41) is 3.26. The molecule has 1 atom stereocenters. The molecule has 1 saturated heterocycles. The minimum absolute atomic E-state index is 0.541. The monoisotopic (exact) mass is 339 g/mol. The van der Waals surface area contributed by atoms with Gasteiger partial charge in [-0.2, -0.15) is 0 Å². The third kappa shape index (κ3) is 4.98. The van der Waals surface area contributed by atoms with Crippen molar-refractivity contribution in [1.82, 2.24) is 19.9 Å². The zero-order valence-corrected chi connectivity index (χ0v) is 15.8. The van der Waals surface area contributed by atoms with Crippen molar-refractivity contribution in [2.24, 2.45) is 5.92 Å². The Hall–Kier alpha value is -2.01. The van der Waals surface area contributed by atoms with E-state index in [4.69, 9.17) is 4.98 Å². The van der Waals surface area contributed by atoms with Gasteiger partial charge in [-0.05, 0) is 57.4 Å². The van der Waals surface area contributed by atoms with Gasteiger partial charge in [-0.15, -0.1) is 0 Å². The Balaban J connectivity index is 1.65. The van der Waals surface area contributed by atoms with Crippen LogP contribution in [0, 0.1) is 19.8 Å². The van der Waals surface area contributed by atoms with Gasteiger partial charge in [0.25, 0.3) is 0 Å². The number of piperidine rings is 1. The van der Waals surface area contributed by atoms with Crippen molar-refractivity contribution in [3.05, 3.63) is 41.5 Å². The summed E-state index contributed by atoms with van der Waals surface area (Å²) < 4.78 is 0.